The number of hydrogen-bond acceptors (Lipinski definition) is 3. The third-order valence-corrected chi connectivity index (χ3v) is 3.42. The van der Waals surface area contributed by atoms with Gasteiger partial charge in [0.15, 0.2) is 5.65 Å². The number of fused-ring (bicyclic) bond motifs is 1. The van der Waals surface area contributed by atoms with Gasteiger partial charge in [0.1, 0.15) is 11.6 Å². The first kappa shape index (κ1) is 12.7. The molecule has 3 rings (SSSR count). The lowest BCUT2D eigenvalue weighted by molar-refractivity contribution is 0.0698. The first-order valence-corrected chi connectivity index (χ1v) is 6.39. The van der Waals surface area contributed by atoms with E-state index in [1.807, 2.05) is 0 Å². The molecule has 0 bridgehead atoms. The van der Waals surface area contributed by atoms with Crippen molar-refractivity contribution in [2.45, 2.75) is 0 Å². The monoisotopic (exact) mass is 335 g/mol. The predicted octanol–water partition coefficient (Wildman–Crippen LogP) is 3.22. The van der Waals surface area contributed by atoms with E-state index in [-0.39, 0.29) is 11.4 Å². The van der Waals surface area contributed by atoms with Crippen molar-refractivity contribution < 1.29 is 14.3 Å². The summed E-state index contributed by atoms with van der Waals surface area (Å²) >= 11 is 3.10. The maximum Gasteiger partial charge on any atom is 0.338 e. The number of aromatic carboxylic acids is 1. The number of aromatic amines is 1. The Morgan fingerprint density at radius 2 is 2.15 bits per heavy atom. The number of rotatable bonds is 2. The first-order chi connectivity index (χ1) is 9.56. The molecule has 0 atom stereocenters. The van der Waals surface area contributed by atoms with E-state index in [0.717, 1.165) is 0 Å². The highest BCUT2D eigenvalue weighted by Crippen LogP contribution is 2.25. The Bertz CT molecular complexity index is 832. The molecule has 0 radical (unpaired) electrons. The van der Waals surface area contributed by atoms with Crippen LogP contribution in [-0.4, -0.2) is 26.0 Å². The van der Waals surface area contributed by atoms with Crippen molar-refractivity contribution in [1.29, 1.82) is 0 Å². The van der Waals surface area contributed by atoms with Crippen LogP contribution in [0, 0.1) is 5.82 Å². The molecule has 0 spiro atoms. The molecular weight excluding hydrogens is 329 g/mol. The quantitative estimate of drug-likeness (QED) is 0.753. The van der Waals surface area contributed by atoms with Crippen molar-refractivity contribution in [1.82, 2.24) is 15.0 Å². The van der Waals surface area contributed by atoms with Gasteiger partial charge >= 0.3 is 5.97 Å². The third-order valence-electron chi connectivity index (χ3n) is 2.82. The van der Waals surface area contributed by atoms with Crippen LogP contribution >= 0.6 is 15.9 Å². The summed E-state index contributed by atoms with van der Waals surface area (Å²) in [5.74, 6) is -1.01. The molecule has 7 heteroatoms. The fourth-order valence-corrected chi connectivity index (χ4v) is 2.25. The van der Waals surface area contributed by atoms with Crippen LogP contribution in [0.2, 0.25) is 0 Å². The standard InChI is InChI=1S/C13H7BrFN3O2/c14-8-5-6(1-2-9(8)15)11-17-10-7(13(19)20)3-4-16-12(10)18-11/h1-5H,(H,19,20)(H,16,17,18). The molecule has 0 aliphatic carbocycles. The van der Waals surface area contributed by atoms with Crippen molar-refractivity contribution in [3.8, 4) is 11.4 Å². The van der Waals surface area contributed by atoms with Gasteiger partial charge in [-0.05, 0) is 40.2 Å². The highest BCUT2D eigenvalue weighted by atomic mass is 79.9. The molecule has 2 heterocycles. The first-order valence-electron chi connectivity index (χ1n) is 5.59. The van der Waals surface area contributed by atoms with Crippen LogP contribution in [0.4, 0.5) is 4.39 Å². The highest BCUT2D eigenvalue weighted by molar-refractivity contribution is 9.10. The third kappa shape index (κ3) is 2.05. The number of halogens is 2. The zero-order valence-electron chi connectivity index (χ0n) is 9.89. The van der Waals surface area contributed by atoms with Gasteiger partial charge in [0, 0.05) is 11.8 Å². The summed E-state index contributed by atoms with van der Waals surface area (Å²) in [6, 6.07) is 5.82. The van der Waals surface area contributed by atoms with Crippen LogP contribution in [0.3, 0.4) is 0 Å². The van der Waals surface area contributed by atoms with Gasteiger partial charge in [-0.1, -0.05) is 0 Å². The number of carboxylic acid groups (broad SMARTS) is 1. The minimum Gasteiger partial charge on any atom is -0.478 e. The summed E-state index contributed by atoms with van der Waals surface area (Å²) in [4.78, 5) is 22.3. The summed E-state index contributed by atoms with van der Waals surface area (Å²) in [7, 11) is 0. The molecule has 0 unspecified atom stereocenters. The molecule has 3 aromatic rings. The molecule has 100 valence electrons. The van der Waals surface area contributed by atoms with Crippen LogP contribution in [0.1, 0.15) is 10.4 Å². The second-order valence-electron chi connectivity index (χ2n) is 4.08. The van der Waals surface area contributed by atoms with Gasteiger partial charge in [0.05, 0.1) is 15.6 Å². The number of benzene rings is 1. The largest absolute Gasteiger partial charge is 0.478 e. The van der Waals surface area contributed by atoms with E-state index in [1.165, 1.54) is 18.3 Å². The molecule has 1 aromatic carbocycles. The number of nitrogens with zero attached hydrogens (tertiary/aromatic N) is 2. The lowest BCUT2D eigenvalue weighted by Crippen LogP contribution is -1.97. The van der Waals surface area contributed by atoms with Crippen molar-refractivity contribution >= 4 is 33.1 Å². The highest BCUT2D eigenvalue weighted by Gasteiger charge is 2.14. The van der Waals surface area contributed by atoms with Crippen molar-refractivity contribution in [3.05, 3.63) is 46.3 Å². The number of carboxylic acids is 1. The zero-order valence-corrected chi connectivity index (χ0v) is 11.5. The normalized spacial score (nSPS) is 10.9. The van der Waals surface area contributed by atoms with E-state index in [1.54, 1.807) is 12.1 Å². The van der Waals surface area contributed by atoms with Crippen LogP contribution < -0.4 is 0 Å². The molecule has 2 N–H and O–H groups in total. The minimum atomic E-state index is -1.06. The number of hydrogen-bond donors (Lipinski definition) is 2. The van der Waals surface area contributed by atoms with E-state index < -0.39 is 5.97 Å². The van der Waals surface area contributed by atoms with Crippen LogP contribution in [0.15, 0.2) is 34.9 Å². The zero-order chi connectivity index (χ0) is 14.3. The Morgan fingerprint density at radius 3 is 2.85 bits per heavy atom. The van der Waals surface area contributed by atoms with Gasteiger partial charge in [-0.15, -0.1) is 0 Å². The number of pyridine rings is 1. The van der Waals surface area contributed by atoms with E-state index >= 15 is 0 Å². The summed E-state index contributed by atoms with van der Waals surface area (Å²) in [5, 5.41) is 9.11. The Balaban J connectivity index is 2.20. The van der Waals surface area contributed by atoms with Gasteiger partial charge < -0.3 is 10.1 Å². The number of carbonyl (C=O) groups is 1. The lowest BCUT2D eigenvalue weighted by Gasteiger charge is -1.98. The molecule has 2 aromatic heterocycles. The topological polar surface area (TPSA) is 78.9 Å². The smallest absolute Gasteiger partial charge is 0.338 e. The predicted molar refractivity (Wildman–Crippen MR) is 73.9 cm³/mol. The Kier molecular flexibility index (Phi) is 2.98. The summed E-state index contributed by atoms with van der Waals surface area (Å²) in [6.45, 7) is 0. The Morgan fingerprint density at radius 1 is 1.35 bits per heavy atom. The molecule has 20 heavy (non-hydrogen) atoms. The lowest BCUT2D eigenvalue weighted by atomic mass is 10.2. The molecular formula is C13H7BrFN3O2. The molecule has 0 saturated heterocycles. The van der Waals surface area contributed by atoms with Gasteiger partial charge in [-0.2, -0.15) is 0 Å². The van der Waals surface area contributed by atoms with Crippen LogP contribution in [0.25, 0.3) is 22.6 Å². The molecule has 5 nitrogen and oxygen atoms in total. The van der Waals surface area contributed by atoms with E-state index in [4.69, 9.17) is 5.11 Å². The van der Waals surface area contributed by atoms with Crippen LogP contribution in [-0.2, 0) is 0 Å². The number of aromatic nitrogens is 3. The summed E-state index contributed by atoms with van der Waals surface area (Å²) < 4.78 is 13.5. The molecule has 0 aliphatic rings. The van der Waals surface area contributed by atoms with Gasteiger partial charge in [0.2, 0.25) is 0 Å². The van der Waals surface area contributed by atoms with Gasteiger partial charge in [-0.3, -0.25) is 0 Å². The van der Waals surface area contributed by atoms with E-state index in [0.29, 0.717) is 27.0 Å². The van der Waals surface area contributed by atoms with Crippen molar-refractivity contribution in [2.24, 2.45) is 0 Å². The summed E-state index contributed by atoms with van der Waals surface area (Å²) in [6.07, 6.45) is 1.39. The van der Waals surface area contributed by atoms with Crippen molar-refractivity contribution in [2.75, 3.05) is 0 Å². The maximum atomic E-state index is 13.2. The van der Waals surface area contributed by atoms with Crippen LogP contribution in [0.5, 0.6) is 0 Å². The second kappa shape index (κ2) is 4.68. The minimum absolute atomic E-state index is 0.0925. The van der Waals surface area contributed by atoms with E-state index in [9.17, 15) is 9.18 Å². The molecule has 0 amide bonds. The number of nitrogens with one attached hydrogen (secondary N) is 1. The molecule has 0 aliphatic heterocycles. The van der Waals surface area contributed by atoms with E-state index in [2.05, 4.69) is 30.9 Å². The average molecular weight is 336 g/mol. The summed E-state index contributed by atoms with van der Waals surface area (Å²) in [5.41, 5.74) is 1.37. The number of imidazole rings is 1. The average Bonchev–Trinajstić information content (AvgIpc) is 2.85. The number of H-pyrrole nitrogens is 1. The maximum absolute atomic E-state index is 13.2. The fraction of sp³-hybridized carbons (Fsp3) is 0. The van der Waals surface area contributed by atoms with Crippen molar-refractivity contribution in [3.63, 3.8) is 0 Å². The fourth-order valence-electron chi connectivity index (χ4n) is 1.87. The Labute approximate surface area is 120 Å². The molecule has 0 fully saturated rings. The van der Waals surface area contributed by atoms with Gasteiger partial charge in [-0.25, -0.2) is 19.2 Å². The second-order valence-corrected chi connectivity index (χ2v) is 4.93. The van der Waals surface area contributed by atoms with Gasteiger partial charge in [0.25, 0.3) is 0 Å². The molecule has 0 saturated carbocycles. The SMILES string of the molecule is O=C(O)c1ccnc2nc(-c3ccc(F)c(Br)c3)[nH]c12. The Hall–Kier alpha value is -2.28.